The van der Waals surface area contributed by atoms with E-state index in [-0.39, 0.29) is 0 Å². The first-order chi connectivity index (χ1) is 12.1. The molecular weight excluding hydrogens is 323 g/mol. The van der Waals surface area contributed by atoms with Crippen LogP contribution in [0.1, 0.15) is 34.1 Å². The van der Waals surface area contributed by atoms with Gasteiger partial charge in [0.1, 0.15) is 5.92 Å². The normalized spacial score (nSPS) is 28.7. The van der Waals surface area contributed by atoms with Crippen LogP contribution in [0.3, 0.4) is 0 Å². The fourth-order valence-electron chi connectivity index (χ4n) is 4.52. The monoisotopic (exact) mass is 340 g/mol. The number of benzene rings is 2. The van der Waals surface area contributed by atoms with Crippen molar-refractivity contribution in [3.05, 3.63) is 70.8 Å². The van der Waals surface area contributed by atoms with Gasteiger partial charge < -0.3 is 9.47 Å². The molecule has 0 aliphatic heterocycles. The summed E-state index contributed by atoms with van der Waals surface area (Å²) >= 11 is 0. The second kappa shape index (κ2) is 5.41. The van der Waals surface area contributed by atoms with Crippen molar-refractivity contribution in [2.24, 2.45) is 5.92 Å². The third-order valence-electron chi connectivity index (χ3n) is 5.44. The van der Waals surface area contributed by atoms with Crippen LogP contribution in [0.15, 0.2) is 48.5 Å². The maximum absolute atomic E-state index is 16.3. The van der Waals surface area contributed by atoms with Gasteiger partial charge in [-0.05, 0) is 22.3 Å². The van der Waals surface area contributed by atoms with Crippen LogP contribution in [-0.2, 0) is 19.1 Å². The zero-order chi connectivity index (χ0) is 17.8. The summed E-state index contributed by atoms with van der Waals surface area (Å²) in [4.78, 5) is 25.1. The van der Waals surface area contributed by atoms with Crippen LogP contribution in [0, 0.1) is 5.92 Å². The fraction of sp³-hybridized carbons (Fsp3) is 0.300. The average Bonchev–Trinajstić information content (AvgIpc) is 2.66. The molecule has 2 aromatic carbocycles. The van der Waals surface area contributed by atoms with Gasteiger partial charge >= 0.3 is 11.9 Å². The Hall–Kier alpha value is -2.69. The number of ether oxygens (including phenoxy) is 2. The van der Waals surface area contributed by atoms with Gasteiger partial charge in [0, 0.05) is 5.92 Å². The van der Waals surface area contributed by atoms with E-state index in [1.165, 1.54) is 7.11 Å². The maximum atomic E-state index is 16.3. The number of hydrogen-bond donors (Lipinski definition) is 0. The van der Waals surface area contributed by atoms with E-state index < -0.39 is 35.4 Å². The largest absolute Gasteiger partial charge is 0.469 e. The number of carbonyl (C=O) groups excluding carboxylic acids is 2. The van der Waals surface area contributed by atoms with Crippen LogP contribution in [0.2, 0.25) is 0 Å². The van der Waals surface area contributed by atoms with Gasteiger partial charge in [-0.1, -0.05) is 48.5 Å². The van der Waals surface area contributed by atoms with Crippen LogP contribution in [0.25, 0.3) is 0 Å². The van der Waals surface area contributed by atoms with Crippen molar-refractivity contribution in [2.45, 2.75) is 17.5 Å². The molecule has 0 amide bonds. The lowest BCUT2D eigenvalue weighted by Gasteiger charge is -2.51. The van der Waals surface area contributed by atoms with Crippen LogP contribution < -0.4 is 0 Å². The van der Waals surface area contributed by atoms with Gasteiger partial charge in [-0.3, -0.25) is 4.79 Å². The van der Waals surface area contributed by atoms with E-state index in [1.807, 2.05) is 48.5 Å². The first-order valence-corrected chi connectivity index (χ1v) is 8.08. The Morgan fingerprint density at radius 3 is 1.80 bits per heavy atom. The summed E-state index contributed by atoms with van der Waals surface area (Å²) in [6, 6.07) is 14.7. The van der Waals surface area contributed by atoms with E-state index in [0.29, 0.717) is 0 Å². The Labute approximate surface area is 144 Å². The first-order valence-electron chi connectivity index (χ1n) is 8.08. The summed E-state index contributed by atoms with van der Waals surface area (Å²) in [5.41, 5.74) is 0.658. The van der Waals surface area contributed by atoms with E-state index in [2.05, 4.69) is 0 Å². The molecule has 5 rings (SSSR count). The zero-order valence-corrected chi connectivity index (χ0v) is 13.9. The molecule has 0 fully saturated rings. The smallest absolute Gasteiger partial charge is 0.345 e. The molecule has 0 heterocycles. The summed E-state index contributed by atoms with van der Waals surface area (Å²) in [7, 11) is 2.35. The molecule has 0 aromatic heterocycles. The van der Waals surface area contributed by atoms with Crippen LogP contribution in [0.5, 0.6) is 0 Å². The lowest BCUT2D eigenvalue weighted by atomic mass is 9.52. The van der Waals surface area contributed by atoms with Gasteiger partial charge in [-0.25, -0.2) is 9.18 Å². The number of esters is 2. The molecule has 3 aliphatic rings. The molecule has 128 valence electrons. The predicted molar refractivity (Wildman–Crippen MR) is 87.9 cm³/mol. The molecule has 25 heavy (non-hydrogen) atoms. The molecular formula is C20H17FO4. The second-order valence-electron chi connectivity index (χ2n) is 6.43. The number of rotatable bonds is 2. The molecule has 4 nitrogen and oxygen atoms in total. The predicted octanol–water partition coefficient (Wildman–Crippen LogP) is 2.95. The standard InChI is InChI=1S/C20H17FO4/c1-24-18(22)17-15-11-7-3-5-9-13(11)16(20(17,21)19(23)25-2)14-10-6-4-8-12(14)15/h3-10,15-17H,1-2H3. The Balaban J connectivity index is 2.08. The number of halogens is 1. The topological polar surface area (TPSA) is 52.6 Å². The van der Waals surface area contributed by atoms with Crippen molar-refractivity contribution in [3.63, 3.8) is 0 Å². The molecule has 0 N–H and O–H groups in total. The van der Waals surface area contributed by atoms with Gasteiger partial charge in [-0.15, -0.1) is 0 Å². The SMILES string of the molecule is COC(=O)C1C2c3ccccc3C(c3ccccc32)C1(F)C(=O)OC. The van der Waals surface area contributed by atoms with Crippen LogP contribution in [0.4, 0.5) is 4.39 Å². The number of methoxy groups -OCH3 is 2. The highest BCUT2D eigenvalue weighted by Gasteiger charge is 2.67. The van der Waals surface area contributed by atoms with Crippen LogP contribution in [-0.4, -0.2) is 31.8 Å². The van der Waals surface area contributed by atoms with E-state index in [9.17, 15) is 9.59 Å². The van der Waals surface area contributed by atoms with E-state index in [4.69, 9.17) is 9.47 Å². The highest BCUT2D eigenvalue weighted by molar-refractivity contribution is 5.93. The molecule has 2 unspecified atom stereocenters. The number of fused-ring (bicyclic) bond motifs is 1. The summed E-state index contributed by atoms with van der Waals surface area (Å²) < 4.78 is 26.0. The van der Waals surface area contributed by atoms with Gasteiger partial charge in [0.25, 0.3) is 0 Å². The highest BCUT2D eigenvalue weighted by atomic mass is 19.1. The third-order valence-corrected chi connectivity index (χ3v) is 5.44. The van der Waals surface area contributed by atoms with Crippen molar-refractivity contribution in [1.29, 1.82) is 0 Å². The maximum Gasteiger partial charge on any atom is 0.345 e. The Bertz CT molecular complexity index is 830. The Kier molecular flexibility index (Phi) is 3.42. The highest BCUT2D eigenvalue weighted by Crippen LogP contribution is 2.62. The van der Waals surface area contributed by atoms with Crippen molar-refractivity contribution in [2.75, 3.05) is 14.2 Å². The molecule has 2 aromatic rings. The molecule has 2 atom stereocenters. The summed E-state index contributed by atoms with van der Waals surface area (Å²) in [6.45, 7) is 0. The minimum absolute atomic E-state index is 0.589. The fourth-order valence-corrected chi connectivity index (χ4v) is 4.52. The lowest BCUT2D eigenvalue weighted by molar-refractivity contribution is -0.173. The first kappa shape index (κ1) is 15.8. The van der Waals surface area contributed by atoms with Gasteiger partial charge in [0.15, 0.2) is 0 Å². The second-order valence-corrected chi connectivity index (χ2v) is 6.43. The Morgan fingerprint density at radius 2 is 1.36 bits per heavy atom. The number of alkyl halides is 1. The number of hydrogen-bond acceptors (Lipinski definition) is 4. The summed E-state index contributed by atoms with van der Waals surface area (Å²) in [5, 5.41) is 0. The molecule has 2 bridgehead atoms. The van der Waals surface area contributed by atoms with E-state index >= 15 is 4.39 Å². The van der Waals surface area contributed by atoms with Crippen molar-refractivity contribution >= 4 is 11.9 Å². The van der Waals surface area contributed by atoms with E-state index in [1.54, 1.807) is 0 Å². The molecule has 5 heteroatoms. The summed E-state index contributed by atoms with van der Waals surface area (Å²) in [6.07, 6.45) is 0. The van der Waals surface area contributed by atoms with Gasteiger partial charge in [0.2, 0.25) is 5.67 Å². The average molecular weight is 340 g/mol. The van der Waals surface area contributed by atoms with Gasteiger partial charge in [0.05, 0.1) is 20.1 Å². The quantitative estimate of drug-likeness (QED) is 0.789. The molecule has 0 spiro atoms. The summed E-state index contributed by atoms with van der Waals surface area (Å²) in [5.74, 6) is -4.55. The molecule has 3 aliphatic carbocycles. The van der Waals surface area contributed by atoms with Crippen molar-refractivity contribution in [3.8, 4) is 0 Å². The molecule has 0 saturated heterocycles. The molecule has 0 radical (unpaired) electrons. The number of carbonyl (C=O) groups is 2. The third kappa shape index (κ3) is 1.86. The minimum Gasteiger partial charge on any atom is -0.469 e. The van der Waals surface area contributed by atoms with Gasteiger partial charge in [-0.2, -0.15) is 0 Å². The lowest BCUT2D eigenvalue weighted by Crippen LogP contribution is -2.59. The molecule has 0 saturated carbocycles. The minimum atomic E-state index is -2.50. The zero-order valence-electron chi connectivity index (χ0n) is 13.9. The Morgan fingerprint density at radius 1 is 0.880 bits per heavy atom. The van der Waals surface area contributed by atoms with Crippen molar-refractivity contribution in [1.82, 2.24) is 0 Å². The van der Waals surface area contributed by atoms with Crippen molar-refractivity contribution < 1.29 is 23.5 Å². The van der Waals surface area contributed by atoms with E-state index in [0.717, 1.165) is 29.4 Å². The van der Waals surface area contributed by atoms with Crippen LogP contribution >= 0.6 is 0 Å².